The number of hydrogen-bond acceptors (Lipinski definition) is 5. The van der Waals surface area contributed by atoms with Crippen molar-refractivity contribution in [1.29, 1.82) is 0 Å². The van der Waals surface area contributed by atoms with E-state index >= 15 is 0 Å². The van der Waals surface area contributed by atoms with Crippen molar-refractivity contribution < 1.29 is 14.2 Å². The number of hydrogen-bond donors (Lipinski definition) is 2. The number of methoxy groups -OCH3 is 1. The SMILES string of the molecule is CCNC(=NCc1ccc(C)cc1OCCOC)NCCOc1cccnc1.I. The van der Waals surface area contributed by atoms with Crippen LogP contribution in [0.25, 0.3) is 0 Å². The summed E-state index contributed by atoms with van der Waals surface area (Å²) in [7, 11) is 1.66. The van der Waals surface area contributed by atoms with E-state index in [0.29, 0.717) is 32.9 Å². The first kappa shape index (κ1) is 25.0. The van der Waals surface area contributed by atoms with Gasteiger partial charge < -0.3 is 24.8 Å². The van der Waals surface area contributed by atoms with Gasteiger partial charge in [-0.05, 0) is 37.6 Å². The molecule has 8 heteroatoms. The summed E-state index contributed by atoms with van der Waals surface area (Å²) in [6.45, 7) is 7.59. The molecule has 0 amide bonds. The Bertz CT molecular complexity index is 729. The Hall–Kier alpha value is -2.07. The predicted octanol–water partition coefficient (Wildman–Crippen LogP) is 3.17. The maximum absolute atomic E-state index is 5.84. The van der Waals surface area contributed by atoms with E-state index in [2.05, 4.69) is 32.7 Å². The fourth-order valence-corrected chi connectivity index (χ4v) is 2.44. The largest absolute Gasteiger partial charge is 0.491 e. The van der Waals surface area contributed by atoms with Crippen LogP contribution in [0.1, 0.15) is 18.1 Å². The quantitative estimate of drug-likeness (QED) is 0.208. The Morgan fingerprint density at radius 2 is 1.97 bits per heavy atom. The molecule has 0 saturated heterocycles. The Labute approximate surface area is 190 Å². The summed E-state index contributed by atoms with van der Waals surface area (Å²) in [5.41, 5.74) is 2.18. The number of aliphatic imine (C=N–C) groups is 1. The number of nitrogens with zero attached hydrogens (tertiary/aromatic N) is 2. The van der Waals surface area contributed by atoms with Crippen LogP contribution in [0.3, 0.4) is 0 Å². The van der Waals surface area contributed by atoms with Crippen LogP contribution in [0.15, 0.2) is 47.7 Å². The second kappa shape index (κ2) is 14.9. The maximum atomic E-state index is 5.84. The predicted molar refractivity (Wildman–Crippen MR) is 127 cm³/mol. The molecule has 160 valence electrons. The fourth-order valence-electron chi connectivity index (χ4n) is 2.44. The number of aryl methyl sites for hydroxylation is 1. The molecule has 2 N–H and O–H groups in total. The Kier molecular flexibility index (Phi) is 12.8. The van der Waals surface area contributed by atoms with E-state index in [9.17, 15) is 0 Å². The van der Waals surface area contributed by atoms with E-state index in [-0.39, 0.29) is 24.0 Å². The maximum Gasteiger partial charge on any atom is 0.191 e. The van der Waals surface area contributed by atoms with Crippen molar-refractivity contribution >= 4 is 29.9 Å². The minimum Gasteiger partial charge on any atom is -0.491 e. The van der Waals surface area contributed by atoms with Gasteiger partial charge in [0.2, 0.25) is 0 Å². The lowest BCUT2D eigenvalue weighted by molar-refractivity contribution is 0.145. The molecule has 2 rings (SSSR count). The first-order valence-electron chi connectivity index (χ1n) is 9.49. The zero-order valence-corrected chi connectivity index (χ0v) is 19.6. The number of rotatable bonds is 11. The van der Waals surface area contributed by atoms with Crippen LogP contribution in [-0.4, -0.2) is 51.0 Å². The highest BCUT2D eigenvalue weighted by molar-refractivity contribution is 14.0. The van der Waals surface area contributed by atoms with Gasteiger partial charge in [0.25, 0.3) is 0 Å². The average molecular weight is 514 g/mol. The summed E-state index contributed by atoms with van der Waals surface area (Å²) >= 11 is 0. The number of benzene rings is 1. The van der Waals surface area contributed by atoms with Gasteiger partial charge in [-0.25, -0.2) is 4.99 Å². The van der Waals surface area contributed by atoms with Crippen LogP contribution >= 0.6 is 24.0 Å². The van der Waals surface area contributed by atoms with Crippen LogP contribution in [-0.2, 0) is 11.3 Å². The topological polar surface area (TPSA) is 77.0 Å². The Morgan fingerprint density at radius 1 is 1.10 bits per heavy atom. The van der Waals surface area contributed by atoms with Crippen molar-refractivity contribution in [3.63, 3.8) is 0 Å². The second-order valence-electron chi connectivity index (χ2n) is 6.11. The van der Waals surface area contributed by atoms with Gasteiger partial charge in [-0.2, -0.15) is 0 Å². The highest BCUT2D eigenvalue weighted by atomic mass is 127. The summed E-state index contributed by atoms with van der Waals surface area (Å²) in [4.78, 5) is 8.69. The molecule has 0 aliphatic rings. The number of nitrogens with one attached hydrogen (secondary N) is 2. The van der Waals surface area contributed by atoms with Crippen molar-refractivity contribution in [2.45, 2.75) is 20.4 Å². The molecule has 1 aromatic heterocycles. The first-order valence-corrected chi connectivity index (χ1v) is 9.49. The van der Waals surface area contributed by atoms with Crippen molar-refractivity contribution in [3.8, 4) is 11.5 Å². The zero-order chi connectivity index (χ0) is 20.0. The van der Waals surface area contributed by atoms with E-state index in [0.717, 1.165) is 35.1 Å². The molecule has 0 fully saturated rings. The third-order valence-corrected chi connectivity index (χ3v) is 3.82. The zero-order valence-electron chi connectivity index (χ0n) is 17.3. The number of guanidine groups is 1. The minimum absolute atomic E-state index is 0. The molecule has 0 spiro atoms. The van der Waals surface area contributed by atoms with Gasteiger partial charge in [0.15, 0.2) is 5.96 Å². The number of pyridine rings is 1. The van der Waals surface area contributed by atoms with Crippen molar-refractivity contribution in [1.82, 2.24) is 15.6 Å². The van der Waals surface area contributed by atoms with Crippen LogP contribution < -0.4 is 20.1 Å². The normalized spacial score (nSPS) is 10.8. The van der Waals surface area contributed by atoms with E-state index in [4.69, 9.17) is 14.2 Å². The molecule has 1 heterocycles. The molecule has 29 heavy (non-hydrogen) atoms. The van der Waals surface area contributed by atoms with Gasteiger partial charge in [-0.15, -0.1) is 24.0 Å². The lowest BCUT2D eigenvalue weighted by Crippen LogP contribution is -2.39. The molecule has 7 nitrogen and oxygen atoms in total. The lowest BCUT2D eigenvalue weighted by atomic mass is 10.1. The van der Waals surface area contributed by atoms with Gasteiger partial charge in [-0.3, -0.25) is 4.98 Å². The molecular weight excluding hydrogens is 483 g/mol. The molecule has 0 aliphatic heterocycles. The Morgan fingerprint density at radius 3 is 2.69 bits per heavy atom. The van der Waals surface area contributed by atoms with Gasteiger partial charge >= 0.3 is 0 Å². The fraction of sp³-hybridized carbons (Fsp3) is 0.429. The molecule has 2 aromatic rings. The molecular formula is C21H31IN4O3. The van der Waals surface area contributed by atoms with Crippen molar-refractivity contribution in [2.24, 2.45) is 4.99 Å². The average Bonchev–Trinajstić information content (AvgIpc) is 2.71. The summed E-state index contributed by atoms with van der Waals surface area (Å²) in [6, 6.07) is 9.88. The van der Waals surface area contributed by atoms with Gasteiger partial charge in [0, 0.05) is 25.4 Å². The summed E-state index contributed by atoms with van der Waals surface area (Å²) in [6.07, 6.45) is 3.42. The highest BCUT2D eigenvalue weighted by Gasteiger charge is 2.05. The number of aromatic nitrogens is 1. The first-order chi connectivity index (χ1) is 13.7. The monoisotopic (exact) mass is 514 g/mol. The smallest absolute Gasteiger partial charge is 0.191 e. The van der Waals surface area contributed by atoms with E-state index in [1.54, 1.807) is 19.5 Å². The molecule has 0 unspecified atom stereocenters. The number of halogens is 1. The molecule has 0 aliphatic carbocycles. The number of ether oxygens (including phenoxy) is 3. The standard InChI is InChI=1S/C21H30N4O3.HI/c1-4-23-21(24-10-11-27-19-6-5-9-22-16-19)25-15-18-8-7-17(2)14-20(18)28-13-12-26-3;/h5-9,14,16H,4,10-13,15H2,1-3H3,(H2,23,24,25);1H. The van der Waals surface area contributed by atoms with E-state index in [1.165, 1.54) is 0 Å². The molecule has 0 atom stereocenters. The summed E-state index contributed by atoms with van der Waals surface area (Å²) in [5.74, 6) is 2.33. The van der Waals surface area contributed by atoms with Crippen molar-refractivity contribution in [2.75, 3.05) is 40.0 Å². The second-order valence-corrected chi connectivity index (χ2v) is 6.11. The lowest BCUT2D eigenvalue weighted by Gasteiger charge is -2.14. The summed E-state index contributed by atoms with van der Waals surface area (Å²) < 4.78 is 16.5. The Balaban J connectivity index is 0.00000420. The molecule has 0 radical (unpaired) electrons. The third-order valence-electron chi connectivity index (χ3n) is 3.82. The van der Waals surface area contributed by atoms with Crippen LogP contribution in [0, 0.1) is 6.92 Å². The van der Waals surface area contributed by atoms with Gasteiger partial charge in [0.05, 0.1) is 25.9 Å². The summed E-state index contributed by atoms with van der Waals surface area (Å²) in [5, 5.41) is 6.52. The van der Waals surface area contributed by atoms with Crippen molar-refractivity contribution in [3.05, 3.63) is 53.9 Å². The third kappa shape index (κ3) is 9.80. The van der Waals surface area contributed by atoms with Gasteiger partial charge in [-0.1, -0.05) is 12.1 Å². The van der Waals surface area contributed by atoms with Crippen LogP contribution in [0.2, 0.25) is 0 Å². The highest BCUT2D eigenvalue weighted by Crippen LogP contribution is 2.21. The molecule has 0 bridgehead atoms. The van der Waals surface area contributed by atoms with E-state index in [1.807, 2.05) is 32.0 Å². The van der Waals surface area contributed by atoms with Crippen LogP contribution in [0.4, 0.5) is 0 Å². The minimum atomic E-state index is 0. The van der Waals surface area contributed by atoms with E-state index < -0.39 is 0 Å². The molecule has 0 saturated carbocycles. The van der Waals surface area contributed by atoms with Gasteiger partial charge in [0.1, 0.15) is 24.7 Å². The van der Waals surface area contributed by atoms with Crippen LogP contribution in [0.5, 0.6) is 11.5 Å². The molecule has 1 aromatic carbocycles.